The van der Waals surface area contributed by atoms with Crippen LogP contribution in [0.4, 0.5) is 0 Å². The summed E-state index contributed by atoms with van der Waals surface area (Å²) in [6, 6.07) is 2.17. The minimum absolute atomic E-state index is 0. The molecule has 1 saturated heterocycles. The molecule has 1 N–H and O–H groups in total. The van der Waals surface area contributed by atoms with E-state index >= 15 is 0 Å². The van der Waals surface area contributed by atoms with Crippen LogP contribution < -0.4 is 5.32 Å². The van der Waals surface area contributed by atoms with E-state index < -0.39 is 0 Å². The van der Waals surface area contributed by atoms with Gasteiger partial charge in [-0.25, -0.2) is 0 Å². The first-order valence-electron chi connectivity index (χ1n) is 7.56. The summed E-state index contributed by atoms with van der Waals surface area (Å²) < 4.78 is 10.2. The molecule has 1 aliphatic heterocycles. The molecule has 1 amide bonds. The van der Waals surface area contributed by atoms with Crippen molar-refractivity contribution < 1.29 is 13.7 Å². The second-order valence-electron chi connectivity index (χ2n) is 5.49. The molecule has 1 fully saturated rings. The third-order valence-electron chi connectivity index (χ3n) is 3.98. The van der Waals surface area contributed by atoms with Gasteiger partial charge in [-0.2, -0.15) is 4.98 Å². The molecule has 0 aliphatic carbocycles. The van der Waals surface area contributed by atoms with Crippen LogP contribution in [0.2, 0.25) is 0 Å². The lowest BCUT2D eigenvalue weighted by molar-refractivity contribution is -0.132. The average molecular weight is 341 g/mol. The van der Waals surface area contributed by atoms with Crippen LogP contribution in [-0.4, -0.2) is 47.1 Å². The number of hydrogen-bond donors (Lipinski definition) is 1. The molecule has 2 aromatic heterocycles. The van der Waals surface area contributed by atoms with Gasteiger partial charge in [0.1, 0.15) is 6.26 Å². The average Bonchev–Trinajstić information content (AvgIpc) is 3.23. The van der Waals surface area contributed by atoms with Crippen molar-refractivity contribution in [2.75, 3.05) is 20.1 Å². The van der Waals surface area contributed by atoms with Crippen LogP contribution in [-0.2, 0) is 11.2 Å². The normalized spacial score (nSPS) is 17.8. The molecule has 2 aromatic rings. The number of aryl methyl sites for hydroxylation is 1. The fourth-order valence-electron chi connectivity index (χ4n) is 2.68. The topological polar surface area (TPSA) is 84.4 Å². The number of nitrogens with zero attached hydrogens (tertiary/aromatic N) is 3. The van der Waals surface area contributed by atoms with Crippen molar-refractivity contribution in [1.29, 1.82) is 0 Å². The lowest BCUT2D eigenvalue weighted by atomic mass is 10.1. The van der Waals surface area contributed by atoms with E-state index in [9.17, 15) is 4.79 Å². The van der Waals surface area contributed by atoms with Gasteiger partial charge in [-0.1, -0.05) is 5.16 Å². The second-order valence-corrected chi connectivity index (χ2v) is 5.49. The van der Waals surface area contributed by atoms with Gasteiger partial charge in [0.2, 0.25) is 17.6 Å². The highest BCUT2D eigenvalue weighted by Gasteiger charge is 2.22. The predicted octanol–water partition coefficient (Wildman–Crippen LogP) is 1.89. The van der Waals surface area contributed by atoms with Gasteiger partial charge in [0, 0.05) is 32.0 Å². The van der Waals surface area contributed by atoms with Crippen molar-refractivity contribution >= 4 is 18.3 Å². The van der Waals surface area contributed by atoms with Crippen LogP contribution >= 0.6 is 12.4 Å². The van der Waals surface area contributed by atoms with E-state index in [1.165, 1.54) is 0 Å². The summed E-state index contributed by atoms with van der Waals surface area (Å²) in [6.45, 7) is 1.61. The second kappa shape index (κ2) is 8.12. The van der Waals surface area contributed by atoms with E-state index in [2.05, 4.69) is 15.5 Å². The van der Waals surface area contributed by atoms with Crippen molar-refractivity contribution in [3.8, 4) is 11.4 Å². The van der Waals surface area contributed by atoms with Crippen molar-refractivity contribution in [2.24, 2.45) is 0 Å². The molecule has 3 rings (SSSR count). The van der Waals surface area contributed by atoms with E-state index in [0.29, 0.717) is 30.6 Å². The lowest BCUT2D eigenvalue weighted by Gasteiger charge is -2.32. The number of aromatic nitrogens is 2. The van der Waals surface area contributed by atoms with E-state index in [1.807, 2.05) is 11.9 Å². The minimum atomic E-state index is 0. The highest BCUT2D eigenvalue weighted by atomic mass is 35.5. The lowest BCUT2D eigenvalue weighted by Crippen LogP contribution is -2.47. The molecular weight excluding hydrogens is 320 g/mol. The highest BCUT2D eigenvalue weighted by Crippen LogP contribution is 2.17. The van der Waals surface area contributed by atoms with Gasteiger partial charge in [-0.3, -0.25) is 4.79 Å². The van der Waals surface area contributed by atoms with E-state index in [4.69, 9.17) is 8.94 Å². The SMILES string of the molecule is CNC1CCCN(C(=O)CCc2nc(-c3ccoc3)no2)C1.Cl. The van der Waals surface area contributed by atoms with E-state index in [0.717, 1.165) is 31.5 Å². The Labute approximate surface area is 140 Å². The Bertz CT molecular complexity index is 614. The number of rotatable bonds is 5. The summed E-state index contributed by atoms with van der Waals surface area (Å²) in [5, 5.41) is 7.13. The number of nitrogens with one attached hydrogen (secondary N) is 1. The number of piperidine rings is 1. The highest BCUT2D eigenvalue weighted by molar-refractivity contribution is 5.85. The summed E-state index contributed by atoms with van der Waals surface area (Å²) in [6.07, 6.45) is 6.14. The monoisotopic (exact) mass is 340 g/mol. The summed E-state index contributed by atoms with van der Waals surface area (Å²) in [7, 11) is 1.94. The molecule has 8 heteroatoms. The van der Waals surface area contributed by atoms with Gasteiger partial charge in [0.05, 0.1) is 11.8 Å². The Morgan fingerprint density at radius 3 is 3.13 bits per heavy atom. The molecule has 3 heterocycles. The Balaban J connectivity index is 0.00000192. The number of likely N-dealkylation sites (tertiary alicyclic amines) is 1. The standard InChI is InChI=1S/C15H20N4O3.ClH/c1-16-12-3-2-7-19(9-12)14(20)5-4-13-17-15(18-22-13)11-6-8-21-10-11;/h6,8,10,12,16H,2-5,7,9H2,1H3;1H. The predicted molar refractivity (Wildman–Crippen MR) is 86.2 cm³/mol. The van der Waals surface area contributed by atoms with Gasteiger partial charge in [0.15, 0.2) is 0 Å². The van der Waals surface area contributed by atoms with Crippen molar-refractivity contribution in [3.63, 3.8) is 0 Å². The van der Waals surface area contributed by atoms with Crippen molar-refractivity contribution in [1.82, 2.24) is 20.4 Å². The molecule has 0 saturated carbocycles. The molecule has 1 aliphatic rings. The van der Waals surface area contributed by atoms with Gasteiger partial charge in [-0.05, 0) is 26.0 Å². The molecular formula is C15H21ClN4O3. The van der Waals surface area contributed by atoms with E-state index in [-0.39, 0.29) is 18.3 Å². The zero-order valence-corrected chi connectivity index (χ0v) is 13.8. The molecule has 0 spiro atoms. The van der Waals surface area contributed by atoms with Gasteiger partial charge < -0.3 is 19.2 Å². The largest absolute Gasteiger partial charge is 0.472 e. The Morgan fingerprint density at radius 2 is 2.39 bits per heavy atom. The first kappa shape index (κ1) is 17.5. The molecule has 1 atom stereocenters. The first-order valence-corrected chi connectivity index (χ1v) is 7.56. The maximum Gasteiger partial charge on any atom is 0.227 e. The van der Waals surface area contributed by atoms with Crippen molar-refractivity contribution in [3.05, 3.63) is 24.5 Å². The summed E-state index contributed by atoms with van der Waals surface area (Å²) in [5.41, 5.74) is 0.772. The third-order valence-corrected chi connectivity index (χ3v) is 3.98. The number of carbonyl (C=O) groups excluding carboxylic acids is 1. The van der Waals surface area contributed by atoms with Crippen LogP contribution in [0.3, 0.4) is 0 Å². The Morgan fingerprint density at radius 1 is 1.52 bits per heavy atom. The summed E-state index contributed by atoms with van der Waals surface area (Å²) in [5.74, 6) is 1.11. The molecule has 0 radical (unpaired) electrons. The fraction of sp³-hybridized carbons (Fsp3) is 0.533. The molecule has 7 nitrogen and oxygen atoms in total. The van der Waals surface area contributed by atoms with Crippen LogP contribution in [0.1, 0.15) is 25.2 Å². The minimum Gasteiger partial charge on any atom is -0.472 e. The van der Waals surface area contributed by atoms with Crippen LogP contribution in [0.25, 0.3) is 11.4 Å². The zero-order valence-electron chi connectivity index (χ0n) is 13.0. The molecule has 126 valence electrons. The van der Waals surface area contributed by atoms with Gasteiger partial charge in [0.25, 0.3) is 0 Å². The Kier molecular flexibility index (Phi) is 6.18. The van der Waals surface area contributed by atoms with Crippen LogP contribution in [0.5, 0.6) is 0 Å². The zero-order chi connectivity index (χ0) is 15.4. The molecule has 0 bridgehead atoms. The molecule has 0 aromatic carbocycles. The number of amides is 1. The number of halogens is 1. The summed E-state index contributed by atoms with van der Waals surface area (Å²) in [4.78, 5) is 18.5. The van der Waals surface area contributed by atoms with E-state index in [1.54, 1.807) is 18.6 Å². The maximum atomic E-state index is 12.3. The Hall–Kier alpha value is -1.86. The smallest absolute Gasteiger partial charge is 0.227 e. The number of likely N-dealkylation sites (N-methyl/N-ethyl adjacent to an activating group) is 1. The molecule has 1 unspecified atom stereocenters. The maximum absolute atomic E-state index is 12.3. The van der Waals surface area contributed by atoms with Crippen LogP contribution in [0, 0.1) is 0 Å². The van der Waals surface area contributed by atoms with Crippen molar-refractivity contribution in [2.45, 2.75) is 31.7 Å². The number of hydrogen-bond acceptors (Lipinski definition) is 6. The van der Waals surface area contributed by atoms with Crippen LogP contribution in [0.15, 0.2) is 27.5 Å². The molecule has 23 heavy (non-hydrogen) atoms. The quantitative estimate of drug-likeness (QED) is 0.894. The van der Waals surface area contributed by atoms with Gasteiger partial charge >= 0.3 is 0 Å². The fourth-order valence-corrected chi connectivity index (χ4v) is 2.68. The first-order chi connectivity index (χ1) is 10.8. The third kappa shape index (κ3) is 4.33. The number of furan rings is 1. The summed E-state index contributed by atoms with van der Waals surface area (Å²) >= 11 is 0. The van der Waals surface area contributed by atoms with Gasteiger partial charge in [-0.15, -0.1) is 12.4 Å². The number of carbonyl (C=O) groups is 1.